The third-order valence-corrected chi connectivity index (χ3v) is 8.53. The van der Waals surface area contributed by atoms with Gasteiger partial charge in [0, 0.05) is 52.9 Å². The van der Waals surface area contributed by atoms with E-state index in [0.717, 1.165) is 16.0 Å². The van der Waals surface area contributed by atoms with E-state index in [0.29, 0.717) is 40.9 Å². The smallest absolute Gasteiger partial charge is 0.338 e. The molecule has 2 atom stereocenters. The number of esters is 1. The first kappa shape index (κ1) is 28.1. The first-order valence-corrected chi connectivity index (χ1v) is 13.3. The van der Waals surface area contributed by atoms with E-state index in [9.17, 15) is 14.4 Å². The molecule has 2 aromatic carbocycles. The number of methoxy groups -OCH3 is 1. The number of aryl methyl sites for hydroxylation is 1. The Morgan fingerprint density at radius 2 is 1.76 bits per heavy atom. The average molecular weight is 575 g/mol. The minimum Gasteiger partial charge on any atom is -0.465 e. The van der Waals surface area contributed by atoms with Crippen LogP contribution in [0.1, 0.15) is 39.7 Å². The SMILES string of the molecule is C.COC(=O)c1csc(CN2C[C@@H](c3ccc(C)cc3)[C@]3(C2)C(=O)N(c2cc(Cl)cc(Cl)c2)C(=O)N3C)c1. The summed E-state index contributed by atoms with van der Waals surface area (Å²) in [7, 11) is 3.03. The Morgan fingerprint density at radius 3 is 2.39 bits per heavy atom. The van der Waals surface area contributed by atoms with Gasteiger partial charge in [-0.05, 0) is 36.8 Å². The number of urea groups is 1. The molecule has 0 N–H and O–H groups in total. The second kappa shape index (κ2) is 10.7. The van der Waals surface area contributed by atoms with Gasteiger partial charge in [-0.15, -0.1) is 11.3 Å². The first-order valence-electron chi connectivity index (χ1n) is 11.7. The van der Waals surface area contributed by atoms with Gasteiger partial charge in [0.15, 0.2) is 0 Å². The van der Waals surface area contributed by atoms with Crippen LogP contribution in [0.25, 0.3) is 0 Å². The number of hydrogen-bond acceptors (Lipinski definition) is 6. The normalized spacial score (nSPS) is 21.3. The fraction of sp³-hybridized carbons (Fsp3) is 0.321. The summed E-state index contributed by atoms with van der Waals surface area (Å²) in [5.41, 5.74) is 1.81. The maximum Gasteiger partial charge on any atom is 0.338 e. The van der Waals surface area contributed by atoms with Crippen LogP contribution in [0.15, 0.2) is 53.9 Å². The zero-order valence-corrected chi connectivity index (χ0v) is 22.9. The lowest BCUT2D eigenvalue weighted by Gasteiger charge is -2.34. The van der Waals surface area contributed by atoms with Crippen molar-refractivity contribution in [1.29, 1.82) is 0 Å². The molecule has 0 bridgehead atoms. The number of likely N-dealkylation sites (tertiary alicyclic amines) is 1. The Kier molecular flexibility index (Phi) is 7.91. The van der Waals surface area contributed by atoms with Crippen LogP contribution >= 0.6 is 34.5 Å². The highest BCUT2D eigenvalue weighted by Crippen LogP contribution is 2.47. The van der Waals surface area contributed by atoms with Gasteiger partial charge in [-0.1, -0.05) is 60.5 Å². The van der Waals surface area contributed by atoms with E-state index in [1.807, 2.05) is 37.3 Å². The van der Waals surface area contributed by atoms with Crippen molar-refractivity contribution in [1.82, 2.24) is 9.80 Å². The Balaban J connectivity index is 0.00000336. The number of hydrogen-bond donors (Lipinski definition) is 0. The number of benzene rings is 2. The van der Waals surface area contributed by atoms with Crippen molar-refractivity contribution in [3.05, 3.63) is 85.5 Å². The fourth-order valence-corrected chi connectivity index (χ4v) is 6.74. The summed E-state index contributed by atoms with van der Waals surface area (Å²) >= 11 is 13.9. The third-order valence-electron chi connectivity index (χ3n) is 7.17. The van der Waals surface area contributed by atoms with Crippen LogP contribution in [-0.4, -0.2) is 60.5 Å². The highest BCUT2D eigenvalue weighted by Gasteiger charge is 2.64. The number of thiophene rings is 1. The van der Waals surface area contributed by atoms with E-state index in [1.54, 1.807) is 35.5 Å². The van der Waals surface area contributed by atoms with Gasteiger partial charge in [-0.3, -0.25) is 9.69 Å². The van der Waals surface area contributed by atoms with Crippen molar-refractivity contribution in [2.45, 2.75) is 32.4 Å². The maximum atomic E-state index is 14.2. The highest BCUT2D eigenvalue weighted by atomic mass is 35.5. The van der Waals surface area contributed by atoms with Gasteiger partial charge >= 0.3 is 12.0 Å². The molecule has 2 saturated heterocycles. The van der Waals surface area contributed by atoms with E-state index in [-0.39, 0.29) is 25.2 Å². The number of ether oxygens (including phenoxy) is 1. The van der Waals surface area contributed by atoms with Gasteiger partial charge in [0.1, 0.15) is 5.54 Å². The zero-order chi connectivity index (χ0) is 26.5. The van der Waals surface area contributed by atoms with Crippen molar-refractivity contribution in [2.24, 2.45) is 0 Å². The molecule has 1 spiro atoms. The number of nitrogens with zero attached hydrogens (tertiary/aromatic N) is 3. The molecule has 3 amide bonds. The molecule has 0 aliphatic carbocycles. The lowest BCUT2D eigenvalue weighted by molar-refractivity contribution is -0.124. The number of carbonyl (C=O) groups is 3. The summed E-state index contributed by atoms with van der Waals surface area (Å²) in [6.07, 6.45) is 0. The van der Waals surface area contributed by atoms with Gasteiger partial charge in [-0.2, -0.15) is 0 Å². The topological polar surface area (TPSA) is 70.2 Å². The lowest BCUT2D eigenvalue weighted by Crippen LogP contribution is -2.53. The summed E-state index contributed by atoms with van der Waals surface area (Å²) in [5, 5.41) is 2.45. The monoisotopic (exact) mass is 573 g/mol. The number of halogens is 2. The minimum absolute atomic E-state index is 0. The van der Waals surface area contributed by atoms with Crippen LogP contribution in [0, 0.1) is 6.92 Å². The molecule has 200 valence electrons. The van der Waals surface area contributed by atoms with Crippen LogP contribution in [-0.2, 0) is 16.1 Å². The summed E-state index contributed by atoms with van der Waals surface area (Å²) in [5.74, 6) is -0.966. The van der Waals surface area contributed by atoms with Crippen LogP contribution in [0.2, 0.25) is 10.0 Å². The Bertz CT molecular complexity index is 1370. The van der Waals surface area contributed by atoms with E-state index < -0.39 is 11.6 Å². The summed E-state index contributed by atoms with van der Waals surface area (Å²) < 4.78 is 4.83. The number of amides is 3. The number of anilines is 1. The molecule has 0 saturated carbocycles. The standard InChI is InChI=1S/C27H25Cl2N3O4S.CH4/c1-16-4-6-17(7-5-16)23-13-31(12-22-8-18(14-37-22)24(33)36-3)15-27(23)25(34)32(26(35)30(27)2)21-10-19(28)9-20(29)11-21;/h4-11,14,23H,12-13,15H2,1-3H3;1H4/t23-,27+;/m0./s1. The van der Waals surface area contributed by atoms with Gasteiger partial charge in [-0.25, -0.2) is 14.5 Å². The molecule has 2 aliphatic rings. The second-order valence-electron chi connectivity index (χ2n) is 9.46. The molecule has 3 heterocycles. The Morgan fingerprint density at radius 1 is 1.11 bits per heavy atom. The number of likely N-dealkylation sites (N-methyl/N-ethyl adjacent to an activating group) is 1. The molecule has 0 unspecified atom stereocenters. The van der Waals surface area contributed by atoms with E-state index >= 15 is 0 Å². The molecule has 0 radical (unpaired) electrons. The quantitative estimate of drug-likeness (QED) is 0.267. The number of rotatable bonds is 5. The highest BCUT2D eigenvalue weighted by molar-refractivity contribution is 7.10. The maximum absolute atomic E-state index is 14.2. The minimum atomic E-state index is -1.12. The molecule has 7 nitrogen and oxygen atoms in total. The lowest BCUT2D eigenvalue weighted by atomic mass is 9.80. The number of imide groups is 1. The molecular formula is C28H29Cl2N3O4S. The van der Waals surface area contributed by atoms with E-state index in [4.69, 9.17) is 27.9 Å². The van der Waals surface area contributed by atoms with Gasteiger partial charge in [0.25, 0.3) is 5.91 Å². The molecule has 1 aromatic heterocycles. The van der Waals surface area contributed by atoms with Crippen LogP contribution in [0.5, 0.6) is 0 Å². The van der Waals surface area contributed by atoms with Crippen LogP contribution < -0.4 is 4.90 Å². The van der Waals surface area contributed by atoms with Gasteiger partial charge < -0.3 is 9.64 Å². The molecule has 2 fully saturated rings. The molecule has 2 aliphatic heterocycles. The zero-order valence-electron chi connectivity index (χ0n) is 20.5. The van der Waals surface area contributed by atoms with Crippen molar-refractivity contribution < 1.29 is 19.1 Å². The Hall–Kier alpha value is -2.91. The number of carbonyl (C=O) groups excluding carboxylic acids is 3. The van der Waals surface area contributed by atoms with Crippen molar-refractivity contribution >= 4 is 58.1 Å². The summed E-state index contributed by atoms with van der Waals surface area (Å²) in [6, 6.07) is 14.2. The molecule has 38 heavy (non-hydrogen) atoms. The molecule has 5 rings (SSSR count). The molecule has 10 heteroatoms. The van der Waals surface area contributed by atoms with Crippen molar-refractivity contribution in [2.75, 3.05) is 32.1 Å². The van der Waals surface area contributed by atoms with Crippen LogP contribution in [0.3, 0.4) is 0 Å². The fourth-order valence-electron chi connectivity index (χ4n) is 5.33. The predicted octanol–water partition coefficient (Wildman–Crippen LogP) is 6.22. The van der Waals surface area contributed by atoms with Crippen molar-refractivity contribution in [3.8, 4) is 0 Å². The van der Waals surface area contributed by atoms with Gasteiger partial charge in [0.2, 0.25) is 0 Å². The van der Waals surface area contributed by atoms with Crippen LogP contribution in [0.4, 0.5) is 10.5 Å². The summed E-state index contributed by atoms with van der Waals surface area (Å²) in [6.45, 7) is 3.44. The third kappa shape index (κ3) is 4.71. The Labute approximate surface area is 236 Å². The van der Waals surface area contributed by atoms with E-state index in [1.165, 1.54) is 23.3 Å². The van der Waals surface area contributed by atoms with E-state index in [2.05, 4.69) is 4.90 Å². The van der Waals surface area contributed by atoms with Crippen molar-refractivity contribution in [3.63, 3.8) is 0 Å². The predicted molar refractivity (Wildman–Crippen MR) is 151 cm³/mol. The molecule has 3 aromatic rings. The largest absolute Gasteiger partial charge is 0.465 e. The average Bonchev–Trinajstić information content (AvgIpc) is 3.53. The molecular weight excluding hydrogens is 545 g/mol. The first-order chi connectivity index (χ1) is 17.6. The van der Waals surface area contributed by atoms with Gasteiger partial charge in [0.05, 0.1) is 18.4 Å². The second-order valence-corrected chi connectivity index (χ2v) is 11.3. The summed E-state index contributed by atoms with van der Waals surface area (Å²) in [4.78, 5) is 45.6.